The summed E-state index contributed by atoms with van der Waals surface area (Å²) in [6.45, 7) is 4.90. The summed E-state index contributed by atoms with van der Waals surface area (Å²) in [5, 5.41) is 8.89. The number of halogens is 1. The molecule has 2 rings (SSSR count). The Morgan fingerprint density at radius 3 is 2.87 bits per heavy atom. The van der Waals surface area contributed by atoms with Crippen molar-refractivity contribution in [2.75, 3.05) is 29.9 Å². The lowest BCUT2D eigenvalue weighted by atomic mass is 10.1. The Hall–Kier alpha value is -1.50. The third-order valence-electron chi connectivity index (χ3n) is 3.28. The molecule has 1 aromatic carbocycles. The predicted molar refractivity (Wildman–Crippen MR) is 98.6 cm³/mol. The monoisotopic (exact) mass is 355 g/mol. The van der Waals surface area contributed by atoms with E-state index in [4.69, 9.17) is 0 Å². The number of anilines is 1. The molecule has 1 aliphatic rings. The molecule has 5 nitrogen and oxygen atoms in total. The maximum Gasteiger partial charge on any atom is 0.253 e. The van der Waals surface area contributed by atoms with Gasteiger partial charge in [-0.05, 0) is 12.1 Å². The molecule has 0 aliphatic carbocycles. The molecule has 2 amide bonds. The minimum Gasteiger partial charge on any atom is -0.349 e. The van der Waals surface area contributed by atoms with Gasteiger partial charge in [0.05, 0.1) is 11.3 Å². The SMILES string of the molecule is C=CCNC(=O)c1ccccc1NC(=O)CC1CSCCN1.Cl. The predicted octanol–water partition coefficient (Wildman–Crippen LogP) is 2.06. The van der Waals surface area contributed by atoms with Crippen molar-refractivity contribution in [3.63, 3.8) is 0 Å². The highest BCUT2D eigenvalue weighted by molar-refractivity contribution is 7.99. The van der Waals surface area contributed by atoms with Gasteiger partial charge >= 0.3 is 0 Å². The fourth-order valence-corrected chi connectivity index (χ4v) is 3.18. The van der Waals surface area contributed by atoms with Gasteiger partial charge in [0.1, 0.15) is 0 Å². The van der Waals surface area contributed by atoms with Crippen LogP contribution in [0.4, 0.5) is 5.69 Å². The van der Waals surface area contributed by atoms with Gasteiger partial charge in [-0.25, -0.2) is 0 Å². The van der Waals surface area contributed by atoms with E-state index in [0.29, 0.717) is 24.2 Å². The molecule has 126 valence electrons. The number of benzene rings is 1. The van der Waals surface area contributed by atoms with Crippen LogP contribution < -0.4 is 16.0 Å². The van der Waals surface area contributed by atoms with Crippen molar-refractivity contribution in [1.29, 1.82) is 0 Å². The summed E-state index contributed by atoms with van der Waals surface area (Å²) in [6.07, 6.45) is 2.03. The lowest BCUT2D eigenvalue weighted by Gasteiger charge is -2.22. The minimum absolute atomic E-state index is 0. The summed E-state index contributed by atoms with van der Waals surface area (Å²) in [4.78, 5) is 24.2. The quantitative estimate of drug-likeness (QED) is 0.683. The van der Waals surface area contributed by atoms with Crippen LogP contribution in [0.15, 0.2) is 36.9 Å². The van der Waals surface area contributed by atoms with E-state index in [1.165, 1.54) is 0 Å². The zero-order valence-corrected chi connectivity index (χ0v) is 14.5. The molecule has 0 bridgehead atoms. The van der Waals surface area contributed by atoms with Crippen molar-refractivity contribution < 1.29 is 9.59 Å². The number of thioether (sulfide) groups is 1. The number of hydrogen-bond acceptors (Lipinski definition) is 4. The van der Waals surface area contributed by atoms with Crippen LogP contribution in [-0.2, 0) is 4.79 Å². The molecule has 1 saturated heterocycles. The molecule has 7 heteroatoms. The normalized spacial score (nSPS) is 16.8. The average Bonchev–Trinajstić information content (AvgIpc) is 2.54. The van der Waals surface area contributed by atoms with Crippen molar-refractivity contribution >= 4 is 41.7 Å². The Balaban J connectivity index is 0.00000264. The third-order valence-corrected chi connectivity index (χ3v) is 4.41. The number of nitrogens with one attached hydrogen (secondary N) is 3. The van der Waals surface area contributed by atoms with Crippen molar-refractivity contribution in [3.8, 4) is 0 Å². The number of amides is 2. The van der Waals surface area contributed by atoms with Crippen molar-refractivity contribution in [2.24, 2.45) is 0 Å². The minimum atomic E-state index is -0.220. The number of rotatable bonds is 6. The first kappa shape index (κ1) is 19.5. The van der Waals surface area contributed by atoms with E-state index >= 15 is 0 Å². The van der Waals surface area contributed by atoms with E-state index in [9.17, 15) is 9.59 Å². The highest BCUT2D eigenvalue weighted by Gasteiger charge is 2.18. The van der Waals surface area contributed by atoms with E-state index in [-0.39, 0.29) is 30.3 Å². The molecule has 3 N–H and O–H groups in total. The van der Waals surface area contributed by atoms with Crippen molar-refractivity contribution in [3.05, 3.63) is 42.5 Å². The van der Waals surface area contributed by atoms with Gasteiger partial charge in [0, 0.05) is 37.1 Å². The van der Waals surface area contributed by atoms with Crippen LogP contribution in [0.1, 0.15) is 16.8 Å². The smallest absolute Gasteiger partial charge is 0.253 e. The highest BCUT2D eigenvalue weighted by Crippen LogP contribution is 2.16. The molecule has 0 saturated carbocycles. The molecule has 23 heavy (non-hydrogen) atoms. The Morgan fingerprint density at radius 1 is 1.39 bits per heavy atom. The van der Waals surface area contributed by atoms with Gasteiger partial charge < -0.3 is 16.0 Å². The summed E-state index contributed by atoms with van der Waals surface area (Å²) in [6, 6.07) is 7.21. The van der Waals surface area contributed by atoms with E-state index in [2.05, 4.69) is 22.5 Å². The Labute approximate surface area is 147 Å². The fraction of sp³-hybridized carbons (Fsp3) is 0.375. The second-order valence-corrected chi connectivity index (χ2v) is 6.17. The second-order valence-electron chi connectivity index (χ2n) is 5.02. The number of carbonyl (C=O) groups is 2. The molecule has 1 aliphatic heterocycles. The molecule has 1 atom stereocenters. The first-order valence-electron chi connectivity index (χ1n) is 7.30. The molecule has 1 aromatic rings. The fourth-order valence-electron chi connectivity index (χ4n) is 2.23. The van der Waals surface area contributed by atoms with Crippen LogP contribution in [0, 0.1) is 0 Å². The molecule has 0 radical (unpaired) electrons. The molecule has 1 unspecified atom stereocenters. The topological polar surface area (TPSA) is 70.2 Å². The number of hydrogen-bond donors (Lipinski definition) is 3. The van der Waals surface area contributed by atoms with E-state index in [0.717, 1.165) is 18.1 Å². The summed E-state index contributed by atoms with van der Waals surface area (Å²) >= 11 is 1.85. The summed E-state index contributed by atoms with van der Waals surface area (Å²) < 4.78 is 0. The molecule has 0 aromatic heterocycles. The van der Waals surface area contributed by atoms with E-state index in [1.807, 2.05) is 11.8 Å². The van der Waals surface area contributed by atoms with Gasteiger partial charge in [0.2, 0.25) is 5.91 Å². The highest BCUT2D eigenvalue weighted by atomic mass is 35.5. The molecular weight excluding hydrogens is 334 g/mol. The van der Waals surface area contributed by atoms with Gasteiger partial charge in [-0.15, -0.1) is 19.0 Å². The Bertz CT molecular complexity index is 548. The third kappa shape index (κ3) is 6.25. The lowest BCUT2D eigenvalue weighted by Crippen LogP contribution is -2.40. The van der Waals surface area contributed by atoms with E-state index < -0.39 is 0 Å². The maximum absolute atomic E-state index is 12.2. The second kappa shape index (κ2) is 10.3. The van der Waals surface area contributed by atoms with Crippen LogP contribution >= 0.6 is 24.2 Å². The van der Waals surface area contributed by atoms with Gasteiger partial charge in [-0.3, -0.25) is 9.59 Å². The maximum atomic E-state index is 12.2. The number of carbonyl (C=O) groups excluding carboxylic acids is 2. The first-order chi connectivity index (χ1) is 10.7. The number of para-hydroxylation sites is 1. The van der Waals surface area contributed by atoms with Crippen LogP contribution in [0.2, 0.25) is 0 Å². The van der Waals surface area contributed by atoms with Crippen LogP contribution in [-0.4, -0.2) is 42.5 Å². The van der Waals surface area contributed by atoms with Crippen molar-refractivity contribution in [1.82, 2.24) is 10.6 Å². The zero-order chi connectivity index (χ0) is 15.8. The van der Waals surface area contributed by atoms with Crippen LogP contribution in [0.25, 0.3) is 0 Å². The van der Waals surface area contributed by atoms with Crippen LogP contribution in [0.5, 0.6) is 0 Å². The van der Waals surface area contributed by atoms with Crippen LogP contribution in [0.3, 0.4) is 0 Å². The summed E-state index contributed by atoms with van der Waals surface area (Å²) in [7, 11) is 0. The average molecular weight is 356 g/mol. The molecule has 0 spiro atoms. The summed E-state index contributed by atoms with van der Waals surface area (Å²) in [5.41, 5.74) is 1.00. The Kier molecular flexibility index (Phi) is 8.76. The lowest BCUT2D eigenvalue weighted by molar-refractivity contribution is -0.116. The largest absolute Gasteiger partial charge is 0.349 e. The molecule has 1 heterocycles. The first-order valence-corrected chi connectivity index (χ1v) is 8.45. The van der Waals surface area contributed by atoms with Gasteiger partial charge in [-0.2, -0.15) is 11.8 Å². The molecule has 1 fully saturated rings. The van der Waals surface area contributed by atoms with E-state index in [1.54, 1.807) is 30.3 Å². The molecular formula is C16H22ClN3O2S. The van der Waals surface area contributed by atoms with Gasteiger partial charge in [0.25, 0.3) is 5.91 Å². The Morgan fingerprint density at radius 2 is 2.17 bits per heavy atom. The van der Waals surface area contributed by atoms with Crippen molar-refractivity contribution in [2.45, 2.75) is 12.5 Å². The zero-order valence-electron chi connectivity index (χ0n) is 12.8. The van der Waals surface area contributed by atoms with Gasteiger partial charge in [0.15, 0.2) is 0 Å². The van der Waals surface area contributed by atoms with Gasteiger partial charge in [-0.1, -0.05) is 18.2 Å². The summed E-state index contributed by atoms with van der Waals surface area (Å²) in [5.74, 6) is 1.73. The standard InChI is InChI=1S/C16H21N3O2S.ClH/c1-2-7-18-16(21)13-5-3-4-6-14(13)19-15(20)10-12-11-22-9-8-17-12;/h2-6,12,17H,1,7-11H2,(H,18,21)(H,19,20);1H.